The molecular weight excluding hydrogens is 355 g/mol. The summed E-state index contributed by atoms with van der Waals surface area (Å²) in [7, 11) is 0. The molecule has 0 radical (unpaired) electrons. The highest BCUT2D eigenvalue weighted by molar-refractivity contribution is 14.1. The van der Waals surface area contributed by atoms with Crippen molar-refractivity contribution in [3.05, 3.63) is 39.5 Å². The Morgan fingerprint density at radius 1 is 1.37 bits per heavy atom. The fourth-order valence-corrected chi connectivity index (χ4v) is 2.00. The van der Waals surface area contributed by atoms with Crippen LogP contribution in [0, 0.1) is 3.57 Å². The topological polar surface area (TPSA) is 70.7 Å². The van der Waals surface area contributed by atoms with E-state index in [1.807, 2.05) is 45.0 Å². The van der Waals surface area contributed by atoms with Gasteiger partial charge in [-0.25, -0.2) is 4.98 Å². The standard InChI is InChI=1S/C13H15IN4O/c1-13(2,3)12-16-10(17-18-12)11(19)15-9-6-4-5-8(14)7-9/h4-7H,1-3H3,(H,15,19)(H,16,17,18). The summed E-state index contributed by atoms with van der Waals surface area (Å²) in [5.41, 5.74) is 0.576. The Bertz CT molecular complexity index is 601. The summed E-state index contributed by atoms with van der Waals surface area (Å²) in [6, 6.07) is 7.56. The van der Waals surface area contributed by atoms with E-state index in [9.17, 15) is 4.79 Å². The minimum Gasteiger partial charge on any atom is -0.319 e. The molecule has 0 aliphatic heterocycles. The number of carbonyl (C=O) groups excluding carboxylic acids is 1. The fourth-order valence-electron chi connectivity index (χ4n) is 1.45. The summed E-state index contributed by atoms with van der Waals surface area (Å²) in [6.07, 6.45) is 0. The monoisotopic (exact) mass is 370 g/mol. The second-order valence-corrected chi connectivity index (χ2v) is 6.47. The number of nitrogens with one attached hydrogen (secondary N) is 2. The van der Waals surface area contributed by atoms with Gasteiger partial charge in [-0.1, -0.05) is 26.8 Å². The molecule has 0 fully saturated rings. The van der Waals surface area contributed by atoms with Crippen LogP contribution in [0.5, 0.6) is 0 Å². The van der Waals surface area contributed by atoms with Crippen LogP contribution in [0.2, 0.25) is 0 Å². The average Bonchev–Trinajstić information content (AvgIpc) is 2.77. The largest absolute Gasteiger partial charge is 0.319 e. The highest BCUT2D eigenvalue weighted by Gasteiger charge is 2.21. The van der Waals surface area contributed by atoms with E-state index in [0.717, 1.165) is 9.26 Å². The summed E-state index contributed by atoms with van der Waals surface area (Å²) in [5, 5.41) is 9.53. The van der Waals surface area contributed by atoms with Crippen molar-refractivity contribution >= 4 is 34.2 Å². The minimum absolute atomic E-state index is 0.156. The van der Waals surface area contributed by atoms with Gasteiger partial charge in [0.2, 0.25) is 5.82 Å². The number of aromatic amines is 1. The molecule has 6 heteroatoms. The van der Waals surface area contributed by atoms with Crippen molar-refractivity contribution in [2.45, 2.75) is 26.2 Å². The Kier molecular flexibility index (Phi) is 3.88. The van der Waals surface area contributed by atoms with Crippen LogP contribution >= 0.6 is 22.6 Å². The van der Waals surface area contributed by atoms with E-state index in [-0.39, 0.29) is 17.1 Å². The quantitative estimate of drug-likeness (QED) is 0.799. The first-order valence-electron chi connectivity index (χ1n) is 5.86. The number of carbonyl (C=O) groups is 1. The summed E-state index contributed by atoms with van der Waals surface area (Å²) in [4.78, 5) is 16.2. The van der Waals surface area contributed by atoms with Crippen LogP contribution in [0.4, 0.5) is 5.69 Å². The number of anilines is 1. The van der Waals surface area contributed by atoms with Gasteiger partial charge < -0.3 is 5.32 Å². The van der Waals surface area contributed by atoms with Gasteiger partial charge >= 0.3 is 0 Å². The highest BCUT2D eigenvalue weighted by Crippen LogP contribution is 2.18. The summed E-state index contributed by atoms with van der Waals surface area (Å²) < 4.78 is 1.06. The number of hydrogen-bond acceptors (Lipinski definition) is 3. The maximum atomic E-state index is 12.0. The van der Waals surface area contributed by atoms with Crippen LogP contribution in [0.1, 0.15) is 37.2 Å². The molecule has 0 aliphatic carbocycles. The summed E-state index contributed by atoms with van der Waals surface area (Å²) in [5.74, 6) is 0.540. The maximum absolute atomic E-state index is 12.0. The Balaban J connectivity index is 2.14. The van der Waals surface area contributed by atoms with E-state index in [1.165, 1.54) is 0 Å². The number of nitrogens with zero attached hydrogens (tertiary/aromatic N) is 2. The van der Waals surface area contributed by atoms with Gasteiger partial charge in [0.25, 0.3) is 5.91 Å². The third kappa shape index (κ3) is 3.52. The molecule has 1 aromatic heterocycles. The third-order valence-electron chi connectivity index (χ3n) is 2.48. The van der Waals surface area contributed by atoms with Gasteiger partial charge in [0.05, 0.1) is 0 Å². The van der Waals surface area contributed by atoms with Crippen molar-refractivity contribution in [3.8, 4) is 0 Å². The Morgan fingerprint density at radius 2 is 2.11 bits per heavy atom. The molecule has 0 bridgehead atoms. The molecule has 0 saturated heterocycles. The number of rotatable bonds is 2. The van der Waals surface area contributed by atoms with Crippen LogP contribution in [0.25, 0.3) is 0 Å². The molecule has 2 N–H and O–H groups in total. The van der Waals surface area contributed by atoms with E-state index in [1.54, 1.807) is 0 Å². The highest BCUT2D eigenvalue weighted by atomic mass is 127. The predicted molar refractivity (Wildman–Crippen MR) is 82.2 cm³/mol. The van der Waals surface area contributed by atoms with Crippen molar-refractivity contribution in [3.63, 3.8) is 0 Å². The first kappa shape index (κ1) is 14.0. The zero-order valence-corrected chi connectivity index (χ0v) is 13.1. The molecule has 1 amide bonds. The van der Waals surface area contributed by atoms with Crippen molar-refractivity contribution in [2.24, 2.45) is 0 Å². The average molecular weight is 370 g/mol. The molecule has 2 aromatic rings. The molecule has 1 heterocycles. The lowest BCUT2D eigenvalue weighted by Crippen LogP contribution is -2.16. The minimum atomic E-state index is -0.311. The van der Waals surface area contributed by atoms with Gasteiger partial charge in [0.15, 0.2) is 0 Å². The van der Waals surface area contributed by atoms with Crippen LogP contribution in [0.15, 0.2) is 24.3 Å². The molecule has 0 atom stereocenters. The van der Waals surface area contributed by atoms with Crippen LogP contribution < -0.4 is 5.32 Å². The smallest absolute Gasteiger partial charge is 0.295 e. The third-order valence-corrected chi connectivity index (χ3v) is 3.15. The normalized spacial score (nSPS) is 11.4. The van der Waals surface area contributed by atoms with Crippen LogP contribution in [0.3, 0.4) is 0 Å². The lowest BCUT2D eigenvalue weighted by Gasteiger charge is -2.12. The summed E-state index contributed by atoms with van der Waals surface area (Å²) in [6.45, 7) is 6.03. The Labute approximate surface area is 125 Å². The molecule has 2 rings (SSSR count). The lowest BCUT2D eigenvalue weighted by molar-refractivity contribution is 0.101. The maximum Gasteiger partial charge on any atom is 0.295 e. The molecule has 0 unspecified atom stereocenters. The van der Waals surface area contributed by atoms with Gasteiger partial charge in [-0.3, -0.25) is 9.89 Å². The fraction of sp³-hybridized carbons (Fsp3) is 0.308. The first-order valence-corrected chi connectivity index (χ1v) is 6.94. The van der Waals surface area contributed by atoms with Crippen molar-refractivity contribution in [1.82, 2.24) is 15.2 Å². The van der Waals surface area contributed by atoms with Crippen molar-refractivity contribution in [2.75, 3.05) is 5.32 Å². The van der Waals surface area contributed by atoms with E-state index < -0.39 is 0 Å². The van der Waals surface area contributed by atoms with E-state index in [4.69, 9.17) is 0 Å². The molecule has 0 saturated carbocycles. The second kappa shape index (κ2) is 5.28. The number of H-pyrrole nitrogens is 1. The number of aromatic nitrogens is 3. The van der Waals surface area contributed by atoms with Crippen molar-refractivity contribution in [1.29, 1.82) is 0 Å². The zero-order valence-electron chi connectivity index (χ0n) is 11.0. The number of hydrogen-bond donors (Lipinski definition) is 2. The molecule has 5 nitrogen and oxygen atoms in total. The van der Waals surface area contributed by atoms with Gasteiger partial charge in [-0.15, -0.1) is 5.10 Å². The van der Waals surface area contributed by atoms with Gasteiger partial charge in [-0.2, -0.15) is 0 Å². The molecule has 0 aliphatic rings. The predicted octanol–water partition coefficient (Wildman–Crippen LogP) is 2.96. The molecule has 0 spiro atoms. The van der Waals surface area contributed by atoms with Crippen LogP contribution in [-0.2, 0) is 5.41 Å². The van der Waals surface area contributed by atoms with Gasteiger partial charge in [0.1, 0.15) is 5.82 Å². The molecular formula is C13H15IN4O. The van der Waals surface area contributed by atoms with E-state index in [2.05, 4.69) is 43.1 Å². The SMILES string of the molecule is CC(C)(C)c1nc(C(=O)Nc2cccc(I)c2)n[nH]1. The van der Waals surface area contributed by atoms with E-state index in [0.29, 0.717) is 5.82 Å². The van der Waals surface area contributed by atoms with Gasteiger partial charge in [0, 0.05) is 14.7 Å². The van der Waals surface area contributed by atoms with Crippen molar-refractivity contribution < 1.29 is 4.79 Å². The van der Waals surface area contributed by atoms with E-state index >= 15 is 0 Å². The lowest BCUT2D eigenvalue weighted by atomic mass is 9.96. The zero-order chi connectivity index (χ0) is 14.0. The van der Waals surface area contributed by atoms with Crippen LogP contribution in [-0.4, -0.2) is 21.1 Å². The summed E-state index contributed by atoms with van der Waals surface area (Å²) >= 11 is 2.19. The molecule has 1 aromatic carbocycles. The van der Waals surface area contributed by atoms with Gasteiger partial charge in [-0.05, 0) is 40.8 Å². The Hall–Kier alpha value is -1.44. The first-order chi connectivity index (χ1) is 8.86. The Morgan fingerprint density at radius 3 is 2.68 bits per heavy atom. The number of amides is 1. The number of halogens is 1. The molecule has 100 valence electrons. The molecule has 19 heavy (non-hydrogen) atoms. The second-order valence-electron chi connectivity index (χ2n) is 5.22. The number of benzene rings is 1.